The van der Waals surface area contributed by atoms with Gasteiger partial charge in [0.25, 0.3) is 0 Å². The maximum Gasteiger partial charge on any atom is 0.198 e. The molecule has 1 atom stereocenters. The molecule has 0 bridgehead atoms. The first-order valence-corrected chi connectivity index (χ1v) is 2.33. The molecule has 0 radical (unpaired) electrons. The number of nitrogens with zero attached hydrogens (tertiary/aromatic N) is 1. The Hall–Kier alpha value is -0.670. The van der Waals surface area contributed by atoms with E-state index in [1.165, 1.54) is 12.3 Å². The van der Waals surface area contributed by atoms with Gasteiger partial charge in [0.05, 0.1) is 6.61 Å². The monoisotopic (exact) mass is 113 g/mol. The lowest BCUT2D eigenvalue weighted by atomic mass is 10.3. The van der Waals surface area contributed by atoms with E-state index in [-0.39, 0.29) is 6.61 Å². The number of aliphatic hydroxyl groups excluding tert-OH is 1. The van der Waals surface area contributed by atoms with Crippen molar-refractivity contribution < 1.29 is 10.2 Å². The summed E-state index contributed by atoms with van der Waals surface area (Å²) >= 11 is 0. The molecule has 0 fully saturated rings. The fourth-order valence-electron chi connectivity index (χ4n) is 0.506. The minimum Gasteiger partial charge on any atom is -0.391 e. The van der Waals surface area contributed by atoms with Crippen LogP contribution in [-0.4, -0.2) is 28.8 Å². The topological polar surface area (TPSA) is 52.8 Å². The van der Waals surface area contributed by atoms with Crippen LogP contribution in [0.4, 0.5) is 0 Å². The average Bonchev–Trinajstić information content (AvgIpc) is 2.17. The van der Waals surface area contributed by atoms with Gasteiger partial charge in [0.2, 0.25) is 0 Å². The summed E-state index contributed by atoms with van der Waals surface area (Å²) in [5.41, 5.74) is -1.32. The molecule has 1 heterocycles. The van der Waals surface area contributed by atoms with Crippen molar-refractivity contribution in [2.24, 2.45) is 4.99 Å². The van der Waals surface area contributed by atoms with Crippen LogP contribution in [0, 0.1) is 0 Å². The van der Waals surface area contributed by atoms with Crippen LogP contribution >= 0.6 is 0 Å². The van der Waals surface area contributed by atoms with Crippen LogP contribution in [0.25, 0.3) is 0 Å². The van der Waals surface area contributed by atoms with Crippen molar-refractivity contribution >= 4 is 6.21 Å². The van der Waals surface area contributed by atoms with Gasteiger partial charge in [0.15, 0.2) is 5.72 Å². The molecule has 0 amide bonds. The smallest absolute Gasteiger partial charge is 0.198 e. The minimum absolute atomic E-state index is 0.347. The largest absolute Gasteiger partial charge is 0.391 e. The van der Waals surface area contributed by atoms with Crippen molar-refractivity contribution in [2.45, 2.75) is 5.72 Å². The van der Waals surface area contributed by atoms with E-state index in [1.54, 1.807) is 6.08 Å². The highest BCUT2D eigenvalue weighted by atomic mass is 16.3. The van der Waals surface area contributed by atoms with Gasteiger partial charge in [-0.05, 0) is 12.2 Å². The molecule has 0 saturated carbocycles. The van der Waals surface area contributed by atoms with E-state index in [4.69, 9.17) is 10.2 Å². The van der Waals surface area contributed by atoms with Crippen molar-refractivity contribution in [3.05, 3.63) is 12.2 Å². The van der Waals surface area contributed by atoms with Crippen LogP contribution in [0.3, 0.4) is 0 Å². The van der Waals surface area contributed by atoms with Gasteiger partial charge in [-0.3, -0.25) is 4.99 Å². The molecule has 1 aliphatic rings. The number of rotatable bonds is 1. The predicted molar refractivity (Wildman–Crippen MR) is 29.7 cm³/mol. The van der Waals surface area contributed by atoms with Crippen molar-refractivity contribution in [1.82, 2.24) is 0 Å². The zero-order valence-corrected chi connectivity index (χ0v) is 4.28. The third kappa shape index (κ3) is 0.778. The summed E-state index contributed by atoms with van der Waals surface area (Å²) in [6.07, 6.45) is 4.49. The second kappa shape index (κ2) is 1.69. The van der Waals surface area contributed by atoms with E-state index >= 15 is 0 Å². The molecule has 3 nitrogen and oxygen atoms in total. The van der Waals surface area contributed by atoms with E-state index in [9.17, 15) is 0 Å². The lowest BCUT2D eigenvalue weighted by molar-refractivity contribution is 0.0378. The summed E-state index contributed by atoms with van der Waals surface area (Å²) in [7, 11) is 0. The fourth-order valence-corrected chi connectivity index (χ4v) is 0.506. The summed E-state index contributed by atoms with van der Waals surface area (Å²) in [6.45, 7) is -0.347. The van der Waals surface area contributed by atoms with Crippen molar-refractivity contribution in [2.75, 3.05) is 6.61 Å². The van der Waals surface area contributed by atoms with Crippen molar-refractivity contribution in [3.8, 4) is 0 Å². The molecular formula is C5H7NO2. The summed E-state index contributed by atoms with van der Waals surface area (Å²) in [4.78, 5) is 3.56. The summed E-state index contributed by atoms with van der Waals surface area (Å²) in [5, 5.41) is 17.4. The molecule has 0 spiro atoms. The lowest BCUT2D eigenvalue weighted by Gasteiger charge is -2.10. The third-order valence-corrected chi connectivity index (χ3v) is 0.980. The molecule has 1 rings (SSSR count). The highest BCUT2D eigenvalue weighted by Gasteiger charge is 2.21. The standard InChI is InChI=1S/C5H7NO2/c7-4-5(8)2-1-3-6-5/h1-3,7-8H,4H2. The molecule has 1 aliphatic heterocycles. The summed E-state index contributed by atoms with van der Waals surface area (Å²) < 4.78 is 0. The molecule has 0 aromatic heterocycles. The number of hydrogen-bond acceptors (Lipinski definition) is 3. The zero-order chi connectivity index (χ0) is 6.04. The van der Waals surface area contributed by atoms with Crippen LogP contribution in [0.1, 0.15) is 0 Å². The van der Waals surface area contributed by atoms with Crippen LogP contribution in [-0.2, 0) is 0 Å². The molecule has 1 unspecified atom stereocenters. The molecule has 3 heteroatoms. The fraction of sp³-hybridized carbons (Fsp3) is 0.400. The highest BCUT2D eigenvalue weighted by Crippen LogP contribution is 2.10. The Morgan fingerprint density at radius 1 is 1.62 bits per heavy atom. The van der Waals surface area contributed by atoms with Gasteiger partial charge in [0, 0.05) is 6.21 Å². The Morgan fingerprint density at radius 3 is 2.62 bits per heavy atom. The molecule has 0 aromatic rings. The molecule has 44 valence electrons. The van der Waals surface area contributed by atoms with Crippen LogP contribution in [0.2, 0.25) is 0 Å². The van der Waals surface area contributed by atoms with Crippen molar-refractivity contribution in [1.29, 1.82) is 0 Å². The Morgan fingerprint density at radius 2 is 2.38 bits per heavy atom. The summed E-state index contributed by atoms with van der Waals surface area (Å²) in [6, 6.07) is 0. The zero-order valence-electron chi connectivity index (χ0n) is 4.28. The van der Waals surface area contributed by atoms with Gasteiger partial charge < -0.3 is 10.2 Å². The highest BCUT2D eigenvalue weighted by molar-refractivity contribution is 5.74. The van der Waals surface area contributed by atoms with Gasteiger partial charge in [-0.15, -0.1) is 0 Å². The Balaban J connectivity index is 2.69. The van der Waals surface area contributed by atoms with Crippen LogP contribution in [0.15, 0.2) is 17.1 Å². The van der Waals surface area contributed by atoms with Crippen molar-refractivity contribution in [3.63, 3.8) is 0 Å². The van der Waals surface area contributed by atoms with E-state index in [0.29, 0.717) is 0 Å². The lowest BCUT2D eigenvalue weighted by Crippen LogP contribution is -2.25. The molecule has 2 N–H and O–H groups in total. The maximum atomic E-state index is 8.97. The van der Waals surface area contributed by atoms with E-state index in [2.05, 4.69) is 4.99 Å². The number of aliphatic hydroxyl groups is 2. The Labute approximate surface area is 47.0 Å². The number of hydrogen-bond donors (Lipinski definition) is 2. The molecular weight excluding hydrogens is 106 g/mol. The Bertz CT molecular complexity index is 127. The summed E-state index contributed by atoms with van der Waals surface area (Å²) in [5.74, 6) is 0. The second-order valence-corrected chi connectivity index (χ2v) is 1.67. The van der Waals surface area contributed by atoms with Gasteiger partial charge in [-0.25, -0.2) is 0 Å². The predicted octanol–water partition coefficient (Wildman–Crippen LogP) is -0.692. The SMILES string of the molecule is OCC1(O)C=CC=N1. The maximum absolute atomic E-state index is 8.97. The number of aliphatic imine (C=N–C) groups is 1. The first kappa shape index (κ1) is 5.47. The van der Waals surface area contributed by atoms with E-state index in [1.807, 2.05) is 0 Å². The normalized spacial score (nSPS) is 34.2. The number of allylic oxidation sites excluding steroid dienone is 1. The van der Waals surface area contributed by atoms with Crippen LogP contribution in [0.5, 0.6) is 0 Å². The van der Waals surface area contributed by atoms with Gasteiger partial charge >= 0.3 is 0 Å². The Kier molecular flexibility index (Phi) is 1.15. The molecule has 0 aromatic carbocycles. The minimum atomic E-state index is -1.32. The van der Waals surface area contributed by atoms with Gasteiger partial charge in [-0.1, -0.05) is 0 Å². The van der Waals surface area contributed by atoms with E-state index < -0.39 is 5.72 Å². The quantitative estimate of drug-likeness (QED) is 0.472. The first-order valence-electron chi connectivity index (χ1n) is 2.33. The molecule has 0 aliphatic carbocycles. The third-order valence-electron chi connectivity index (χ3n) is 0.980. The first-order chi connectivity index (χ1) is 3.77. The average molecular weight is 113 g/mol. The van der Waals surface area contributed by atoms with Gasteiger partial charge in [-0.2, -0.15) is 0 Å². The van der Waals surface area contributed by atoms with E-state index in [0.717, 1.165) is 0 Å². The van der Waals surface area contributed by atoms with Gasteiger partial charge in [0.1, 0.15) is 0 Å². The molecule has 0 saturated heterocycles. The van der Waals surface area contributed by atoms with Crippen LogP contribution < -0.4 is 0 Å². The molecule has 8 heavy (non-hydrogen) atoms. The second-order valence-electron chi connectivity index (χ2n) is 1.67.